The molecule has 0 bridgehead atoms. The van der Waals surface area contributed by atoms with Crippen LogP contribution in [0.1, 0.15) is 19.3 Å². The zero-order valence-electron chi connectivity index (χ0n) is 13.8. The van der Waals surface area contributed by atoms with Crippen LogP contribution in [0.3, 0.4) is 0 Å². The van der Waals surface area contributed by atoms with E-state index < -0.39 is 6.10 Å². The van der Waals surface area contributed by atoms with Gasteiger partial charge in [0.1, 0.15) is 24.3 Å². The third kappa shape index (κ3) is 4.56. The van der Waals surface area contributed by atoms with Gasteiger partial charge in [0.05, 0.1) is 0 Å². The van der Waals surface area contributed by atoms with Crippen LogP contribution in [0.15, 0.2) is 48.5 Å². The number of ether oxygens (including phenoxy) is 1. The van der Waals surface area contributed by atoms with Crippen LogP contribution in [-0.4, -0.2) is 42.4 Å². The summed E-state index contributed by atoms with van der Waals surface area (Å²) in [6.07, 6.45) is 3.22. The molecular formula is C20H24FNO2. The fraction of sp³-hybridized carbons (Fsp3) is 0.400. The Morgan fingerprint density at radius 2 is 1.71 bits per heavy atom. The molecule has 1 heterocycles. The number of β-amino-alcohol motifs (C(OH)–C–C–N with tert-alkyl or cyclic N) is 1. The van der Waals surface area contributed by atoms with Crippen LogP contribution in [0.5, 0.6) is 5.75 Å². The van der Waals surface area contributed by atoms with E-state index in [-0.39, 0.29) is 12.4 Å². The van der Waals surface area contributed by atoms with E-state index in [1.54, 1.807) is 12.1 Å². The van der Waals surface area contributed by atoms with Gasteiger partial charge in [0.25, 0.3) is 0 Å². The summed E-state index contributed by atoms with van der Waals surface area (Å²) < 4.78 is 19.4. The number of rotatable bonds is 6. The van der Waals surface area contributed by atoms with Gasteiger partial charge in [0, 0.05) is 12.1 Å². The summed E-state index contributed by atoms with van der Waals surface area (Å²) in [5.74, 6) is 0.455. The van der Waals surface area contributed by atoms with Crippen molar-refractivity contribution in [1.82, 2.24) is 4.90 Å². The van der Waals surface area contributed by atoms with Crippen LogP contribution >= 0.6 is 0 Å². The van der Waals surface area contributed by atoms with E-state index in [0.717, 1.165) is 18.7 Å². The second kappa shape index (κ2) is 8.27. The predicted molar refractivity (Wildman–Crippen MR) is 93.6 cm³/mol. The summed E-state index contributed by atoms with van der Waals surface area (Å²) in [5, 5.41) is 10.1. The molecule has 0 radical (unpaired) electrons. The van der Waals surface area contributed by atoms with Gasteiger partial charge < -0.3 is 14.7 Å². The number of aliphatic hydroxyl groups excluding tert-OH is 1. The third-order valence-corrected chi connectivity index (χ3v) is 4.40. The Hall–Kier alpha value is -1.91. The molecule has 1 unspecified atom stereocenters. The number of halogens is 1. The summed E-state index contributed by atoms with van der Waals surface area (Å²) in [7, 11) is 0. The number of likely N-dealkylation sites (tertiary alicyclic amines) is 1. The lowest BCUT2D eigenvalue weighted by molar-refractivity contribution is 0.0617. The normalized spacial score (nSPS) is 16.8. The molecule has 0 amide bonds. The topological polar surface area (TPSA) is 32.7 Å². The minimum Gasteiger partial charge on any atom is -0.491 e. The summed E-state index contributed by atoms with van der Waals surface area (Å²) in [6.45, 7) is 3.06. The highest BCUT2D eigenvalue weighted by atomic mass is 19.1. The molecule has 1 saturated heterocycles. The Balaban J connectivity index is 1.52. The van der Waals surface area contributed by atoms with Crippen molar-refractivity contribution in [3.63, 3.8) is 0 Å². The molecule has 1 aliphatic heterocycles. The van der Waals surface area contributed by atoms with Crippen molar-refractivity contribution in [3.8, 4) is 16.9 Å². The molecule has 0 aliphatic carbocycles. The Kier molecular flexibility index (Phi) is 5.83. The molecule has 0 spiro atoms. The minimum absolute atomic E-state index is 0.233. The first kappa shape index (κ1) is 16.9. The van der Waals surface area contributed by atoms with Gasteiger partial charge in [-0.3, -0.25) is 0 Å². The molecule has 2 aromatic rings. The number of nitrogens with zero attached hydrogens (tertiary/aromatic N) is 1. The fourth-order valence-corrected chi connectivity index (χ4v) is 3.11. The third-order valence-electron chi connectivity index (χ3n) is 4.40. The number of aliphatic hydroxyl groups is 1. The summed E-state index contributed by atoms with van der Waals surface area (Å²) in [5.41, 5.74) is 1.39. The van der Waals surface area contributed by atoms with E-state index in [1.165, 1.54) is 25.3 Å². The SMILES string of the molecule is OC(COc1ccc(-c2ccccc2F)cc1)CN1CCCCC1. The molecule has 0 saturated carbocycles. The van der Waals surface area contributed by atoms with E-state index in [1.807, 2.05) is 30.3 Å². The van der Waals surface area contributed by atoms with Crippen molar-refractivity contribution in [2.45, 2.75) is 25.4 Å². The van der Waals surface area contributed by atoms with Crippen LogP contribution in [0.2, 0.25) is 0 Å². The van der Waals surface area contributed by atoms with Gasteiger partial charge in [0.2, 0.25) is 0 Å². The first-order chi connectivity index (χ1) is 11.7. The minimum atomic E-state index is -0.491. The van der Waals surface area contributed by atoms with Crippen molar-refractivity contribution in [2.24, 2.45) is 0 Å². The zero-order valence-corrected chi connectivity index (χ0v) is 13.8. The monoisotopic (exact) mass is 329 g/mol. The van der Waals surface area contributed by atoms with Crippen molar-refractivity contribution in [2.75, 3.05) is 26.2 Å². The quantitative estimate of drug-likeness (QED) is 0.877. The average molecular weight is 329 g/mol. The molecule has 1 atom stereocenters. The number of hydrogen-bond donors (Lipinski definition) is 1. The van der Waals surface area contributed by atoms with Gasteiger partial charge >= 0.3 is 0 Å². The van der Waals surface area contributed by atoms with Crippen LogP contribution in [-0.2, 0) is 0 Å². The van der Waals surface area contributed by atoms with Crippen LogP contribution in [0.25, 0.3) is 11.1 Å². The van der Waals surface area contributed by atoms with Gasteiger partial charge in [-0.2, -0.15) is 0 Å². The van der Waals surface area contributed by atoms with Gasteiger partial charge in [-0.25, -0.2) is 4.39 Å². The lowest BCUT2D eigenvalue weighted by atomic mass is 10.1. The predicted octanol–water partition coefficient (Wildman–Crippen LogP) is 3.72. The van der Waals surface area contributed by atoms with E-state index in [0.29, 0.717) is 17.9 Å². The molecule has 1 N–H and O–H groups in total. The van der Waals surface area contributed by atoms with Gasteiger partial charge in [-0.1, -0.05) is 36.8 Å². The van der Waals surface area contributed by atoms with Crippen molar-refractivity contribution in [3.05, 3.63) is 54.3 Å². The molecule has 1 aliphatic rings. The Labute approximate surface area is 142 Å². The number of hydrogen-bond acceptors (Lipinski definition) is 3. The van der Waals surface area contributed by atoms with Crippen LogP contribution in [0.4, 0.5) is 4.39 Å². The first-order valence-electron chi connectivity index (χ1n) is 8.60. The van der Waals surface area contributed by atoms with Crippen LogP contribution < -0.4 is 4.74 Å². The maximum atomic E-state index is 13.8. The van der Waals surface area contributed by atoms with E-state index in [2.05, 4.69) is 4.90 Å². The molecule has 0 aromatic heterocycles. The van der Waals surface area contributed by atoms with Crippen molar-refractivity contribution >= 4 is 0 Å². The summed E-state index contributed by atoms with van der Waals surface area (Å²) in [6, 6.07) is 14.0. The molecule has 3 rings (SSSR count). The molecule has 4 heteroatoms. The molecule has 128 valence electrons. The Morgan fingerprint density at radius 3 is 2.42 bits per heavy atom. The first-order valence-corrected chi connectivity index (χ1v) is 8.60. The van der Waals surface area contributed by atoms with Gasteiger partial charge in [-0.05, 0) is 49.7 Å². The Morgan fingerprint density at radius 1 is 1.00 bits per heavy atom. The average Bonchev–Trinajstić information content (AvgIpc) is 2.62. The number of benzene rings is 2. The summed E-state index contributed by atoms with van der Waals surface area (Å²) >= 11 is 0. The smallest absolute Gasteiger partial charge is 0.131 e. The van der Waals surface area contributed by atoms with E-state index in [4.69, 9.17) is 4.74 Å². The van der Waals surface area contributed by atoms with Gasteiger partial charge in [-0.15, -0.1) is 0 Å². The maximum Gasteiger partial charge on any atom is 0.131 e. The second-order valence-corrected chi connectivity index (χ2v) is 6.33. The largest absolute Gasteiger partial charge is 0.491 e. The highest BCUT2D eigenvalue weighted by molar-refractivity contribution is 5.64. The molecule has 3 nitrogen and oxygen atoms in total. The summed E-state index contributed by atoms with van der Waals surface area (Å²) in [4.78, 5) is 2.29. The Bertz CT molecular complexity index is 638. The lowest BCUT2D eigenvalue weighted by Crippen LogP contribution is -2.38. The molecule has 24 heavy (non-hydrogen) atoms. The van der Waals surface area contributed by atoms with E-state index >= 15 is 0 Å². The fourth-order valence-electron chi connectivity index (χ4n) is 3.11. The van der Waals surface area contributed by atoms with Crippen molar-refractivity contribution < 1.29 is 14.2 Å². The second-order valence-electron chi connectivity index (χ2n) is 6.33. The van der Waals surface area contributed by atoms with E-state index in [9.17, 15) is 9.50 Å². The highest BCUT2D eigenvalue weighted by Gasteiger charge is 2.15. The molecular weight excluding hydrogens is 305 g/mol. The lowest BCUT2D eigenvalue weighted by Gasteiger charge is -2.28. The van der Waals surface area contributed by atoms with Crippen LogP contribution in [0, 0.1) is 5.82 Å². The standard InChI is InChI=1S/C20H24FNO2/c21-20-7-3-2-6-19(20)16-8-10-18(11-9-16)24-15-17(23)14-22-12-4-1-5-13-22/h2-3,6-11,17,23H,1,4-5,12-15H2. The number of piperidine rings is 1. The van der Waals surface area contributed by atoms with Gasteiger partial charge in [0.15, 0.2) is 0 Å². The molecule has 1 fully saturated rings. The molecule has 2 aromatic carbocycles. The highest BCUT2D eigenvalue weighted by Crippen LogP contribution is 2.24. The van der Waals surface area contributed by atoms with Crippen molar-refractivity contribution in [1.29, 1.82) is 0 Å². The zero-order chi connectivity index (χ0) is 16.8. The maximum absolute atomic E-state index is 13.8.